The minimum absolute atomic E-state index is 0.638. The molecule has 0 saturated heterocycles. The highest BCUT2D eigenvalue weighted by Gasteiger charge is 2.07. The standard InChI is InChI=1S/C18H20BrNO.C2H2O4/c1-3-11-20(12-4-2)13-14-21-17-10-9-15-7-5-6-8-16(15)18(17)19;3-1(4)2(5)6/h3-10H,1-2,11-14H2;(H,3,4)(H,5,6). The van der Waals surface area contributed by atoms with Crippen LogP contribution in [0.15, 0.2) is 66.2 Å². The van der Waals surface area contributed by atoms with Gasteiger partial charge in [0.2, 0.25) is 0 Å². The molecule has 0 bridgehead atoms. The van der Waals surface area contributed by atoms with Crippen LogP contribution in [0, 0.1) is 0 Å². The van der Waals surface area contributed by atoms with Gasteiger partial charge in [-0.15, -0.1) is 13.2 Å². The summed E-state index contributed by atoms with van der Waals surface area (Å²) in [6, 6.07) is 12.4. The Morgan fingerprint density at radius 1 is 1.04 bits per heavy atom. The Kier molecular flexibility index (Phi) is 9.85. The maximum atomic E-state index is 9.10. The van der Waals surface area contributed by atoms with E-state index in [0.29, 0.717) is 6.61 Å². The zero-order chi connectivity index (χ0) is 20.2. The molecule has 6 nitrogen and oxygen atoms in total. The Labute approximate surface area is 166 Å². The van der Waals surface area contributed by atoms with E-state index in [1.165, 1.54) is 10.8 Å². The Hall–Kier alpha value is -2.64. The maximum Gasteiger partial charge on any atom is 0.414 e. The first-order valence-electron chi connectivity index (χ1n) is 8.11. The second-order valence-electron chi connectivity index (χ2n) is 5.39. The Morgan fingerprint density at radius 2 is 1.63 bits per heavy atom. The Morgan fingerprint density at radius 3 is 2.19 bits per heavy atom. The van der Waals surface area contributed by atoms with Crippen molar-refractivity contribution in [3.63, 3.8) is 0 Å². The molecule has 0 unspecified atom stereocenters. The number of fused-ring (bicyclic) bond motifs is 1. The lowest BCUT2D eigenvalue weighted by Crippen LogP contribution is -2.28. The van der Waals surface area contributed by atoms with Crippen LogP contribution in [-0.2, 0) is 9.59 Å². The first-order valence-corrected chi connectivity index (χ1v) is 8.90. The van der Waals surface area contributed by atoms with Crippen molar-refractivity contribution in [3.05, 3.63) is 66.2 Å². The van der Waals surface area contributed by atoms with Gasteiger partial charge in [0.25, 0.3) is 0 Å². The number of aliphatic carboxylic acids is 2. The quantitative estimate of drug-likeness (QED) is 0.484. The van der Waals surface area contributed by atoms with E-state index < -0.39 is 11.9 Å². The second-order valence-corrected chi connectivity index (χ2v) is 6.19. The third kappa shape index (κ3) is 7.64. The van der Waals surface area contributed by atoms with Crippen LogP contribution in [0.2, 0.25) is 0 Å². The van der Waals surface area contributed by atoms with Gasteiger partial charge in [-0.1, -0.05) is 42.5 Å². The molecule has 27 heavy (non-hydrogen) atoms. The Bertz CT molecular complexity index is 784. The van der Waals surface area contributed by atoms with Crippen molar-refractivity contribution in [2.24, 2.45) is 0 Å². The summed E-state index contributed by atoms with van der Waals surface area (Å²) in [7, 11) is 0. The van der Waals surface area contributed by atoms with Crippen LogP contribution in [-0.4, -0.2) is 53.3 Å². The van der Waals surface area contributed by atoms with Crippen LogP contribution in [0.25, 0.3) is 10.8 Å². The van der Waals surface area contributed by atoms with E-state index in [-0.39, 0.29) is 0 Å². The third-order valence-electron chi connectivity index (χ3n) is 3.45. The van der Waals surface area contributed by atoms with Crippen molar-refractivity contribution in [3.8, 4) is 5.75 Å². The third-order valence-corrected chi connectivity index (χ3v) is 4.27. The number of ether oxygens (including phenoxy) is 1. The number of carboxylic acid groups (broad SMARTS) is 2. The molecular formula is C20H22BrNO5. The van der Waals surface area contributed by atoms with E-state index in [2.05, 4.69) is 52.2 Å². The fraction of sp³-hybridized carbons (Fsp3) is 0.200. The minimum atomic E-state index is -1.82. The zero-order valence-corrected chi connectivity index (χ0v) is 16.4. The van der Waals surface area contributed by atoms with Crippen molar-refractivity contribution in [2.75, 3.05) is 26.2 Å². The van der Waals surface area contributed by atoms with Gasteiger partial charge in [0.1, 0.15) is 12.4 Å². The summed E-state index contributed by atoms with van der Waals surface area (Å²) >= 11 is 3.64. The first kappa shape index (κ1) is 22.4. The second kappa shape index (κ2) is 11.9. The van der Waals surface area contributed by atoms with Crippen LogP contribution in [0.4, 0.5) is 0 Å². The highest BCUT2D eigenvalue weighted by molar-refractivity contribution is 9.10. The molecule has 2 aromatic rings. The summed E-state index contributed by atoms with van der Waals surface area (Å²) in [6.07, 6.45) is 3.80. The van der Waals surface area contributed by atoms with Crippen LogP contribution in [0.1, 0.15) is 0 Å². The van der Waals surface area contributed by atoms with Crippen molar-refractivity contribution in [1.82, 2.24) is 4.90 Å². The van der Waals surface area contributed by atoms with Crippen molar-refractivity contribution in [1.29, 1.82) is 0 Å². The van der Waals surface area contributed by atoms with E-state index in [0.717, 1.165) is 29.9 Å². The average molecular weight is 436 g/mol. The highest BCUT2D eigenvalue weighted by atomic mass is 79.9. The van der Waals surface area contributed by atoms with E-state index in [4.69, 9.17) is 24.5 Å². The van der Waals surface area contributed by atoms with Crippen LogP contribution >= 0.6 is 15.9 Å². The minimum Gasteiger partial charge on any atom is -0.491 e. The maximum absolute atomic E-state index is 9.10. The van der Waals surface area contributed by atoms with E-state index in [1.807, 2.05) is 30.4 Å². The van der Waals surface area contributed by atoms with Gasteiger partial charge in [-0.2, -0.15) is 0 Å². The molecule has 0 atom stereocenters. The predicted molar refractivity (Wildman–Crippen MR) is 109 cm³/mol. The molecule has 0 aliphatic carbocycles. The van der Waals surface area contributed by atoms with Gasteiger partial charge >= 0.3 is 11.9 Å². The lowest BCUT2D eigenvalue weighted by atomic mass is 10.1. The van der Waals surface area contributed by atoms with Gasteiger partial charge in [0, 0.05) is 19.6 Å². The monoisotopic (exact) mass is 435 g/mol. The summed E-state index contributed by atoms with van der Waals surface area (Å²) < 4.78 is 6.92. The molecule has 2 aromatic carbocycles. The van der Waals surface area contributed by atoms with Gasteiger partial charge in [-0.3, -0.25) is 4.90 Å². The molecule has 0 spiro atoms. The van der Waals surface area contributed by atoms with E-state index in [1.54, 1.807) is 0 Å². The smallest absolute Gasteiger partial charge is 0.414 e. The van der Waals surface area contributed by atoms with Crippen molar-refractivity contribution in [2.45, 2.75) is 0 Å². The topological polar surface area (TPSA) is 87.1 Å². The van der Waals surface area contributed by atoms with Gasteiger partial charge in [-0.25, -0.2) is 9.59 Å². The average Bonchev–Trinajstić information content (AvgIpc) is 2.64. The zero-order valence-electron chi connectivity index (χ0n) is 14.8. The number of carboxylic acids is 2. The number of carbonyl (C=O) groups is 2. The molecule has 0 amide bonds. The largest absolute Gasteiger partial charge is 0.491 e. The molecule has 0 aromatic heterocycles. The Balaban J connectivity index is 0.000000527. The van der Waals surface area contributed by atoms with Gasteiger partial charge in [0.05, 0.1) is 4.47 Å². The molecular weight excluding hydrogens is 414 g/mol. The number of nitrogens with zero attached hydrogens (tertiary/aromatic N) is 1. The predicted octanol–water partition coefficient (Wildman–Crippen LogP) is 3.81. The summed E-state index contributed by atoms with van der Waals surface area (Å²) in [5.74, 6) is -2.77. The van der Waals surface area contributed by atoms with Gasteiger partial charge < -0.3 is 14.9 Å². The molecule has 2 N–H and O–H groups in total. The number of benzene rings is 2. The number of rotatable bonds is 8. The van der Waals surface area contributed by atoms with Crippen molar-refractivity contribution < 1.29 is 24.5 Å². The van der Waals surface area contributed by atoms with Gasteiger partial charge in [0.15, 0.2) is 0 Å². The summed E-state index contributed by atoms with van der Waals surface area (Å²) in [4.78, 5) is 20.4. The van der Waals surface area contributed by atoms with Crippen molar-refractivity contribution >= 4 is 38.6 Å². The van der Waals surface area contributed by atoms with Crippen LogP contribution in [0.3, 0.4) is 0 Å². The number of halogens is 1. The molecule has 0 aliphatic rings. The highest BCUT2D eigenvalue weighted by Crippen LogP contribution is 2.32. The molecule has 0 aliphatic heterocycles. The van der Waals surface area contributed by atoms with E-state index in [9.17, 15) is 0 Å². The van der Waals surface area contributed by atoms with Crippen LogP contribution in [0.5, 0.6) is 5.75 Å². The number of hydrogen-bond acceptors (Lipinski definition) is 4. The lowest BCUT2D eigenvalue weighted by molar-refractivity contribution is -0.159. The summed E-state index contributed by atoms with van der Waals surface area (Å²) in [5.41, 5.74) is 0. The normalized spacial score (nSPS) is 10.0. The lowest BCUT2D eigenvalue weighted by Gasteiger charge is -2.19. The molecule has 0 radical (unpaired) electrons. The van der Waals surface area contributed by atoms with E-state index >= 15 is 0 Å². The molecule has 144 valence electrons. The van der Waals surface area contributed by atoms with Gasteiger partial charge in [-0.05, 0) is 32.8 Å². The number of hydrogen-bond donors (Lipinski definition) is 2. The SMILES string of the molecule is C=CCN(CC=C)CCOc1ccc2ccccc2c1Br.O=C(O)C(=O)O. The first-order chi connectivity index (χ1) is 12.9. The molecule has 2 rings (SSSR count). The van der Waals surface area contributed by atoms with Crippen LogP contribution < -0.4 is 4.74 Å². The fourth-order valence-corrected chi connectivity index (χ4v) is 2.84. The molecule has 0 heterocycles. The molecule has 0 fully saturated rings. The summed E-state index contributed by atoms with van der Waals surface area (Å²) in [5, 5.41) is 17.2. The fourth-order valence-electron chi connectivity index (χ4n) is 2.23. The molecule has 7 heteroatoms. The molecule has 0 saturated carbocycles. The summed E-state index contributed by atoms with van der Waals surface area (Å²) in [6.45, 7) is 10.7.